The van der Waals surface area contributed by atoms with E-state index in [1.807, 2.05) is 51.1 Å². The van der Waals surface area contributed by atoms with Crippen LogP contribution in [-0.4, -0.2) is 114 Å². The van der Waals surface area contributed by atoms with Crippen molar-refractivity contribution in [1.82, 2.24) is 40.9 Å². The van der Waals surface area contributed by atoms with Gasteiger partial charge in [-0.1, -0.05) is 83.2 Å². The van der Waals surface area contributed by atoms with Gasteiger partial charge < -0.3 is 41.0 Å². The van der Waals surface area contributed by atoms with Crippen molar-refractivity contribution in [2.24, 2.45) is 17.8 Å². The molecule has 61 heavy (non-hydrogen) atoms. The van der Waals surface area contributed by atoms with Gasteiger partial charge in [0.1, 0.15) is 17.7 Å². The van der Waals surface area contributed by atoms with Gasteiger partial charge in [-0.3, -0.25) is 9.59 Å². The quantitative estimate of drug-likeness (QED) is 0.0933. The molecule has 2 aromatic rings. The number of urea groups is 1. The molecule has 1 saturated carbocycles. The predicted molar refractivity (Wildman–Crippen MR) is 235 cm³/mol. The molecule has 17 heteroatoms. The number of H-pyrrole nitrogens is 1. The van der Waals surface area contributed by atoms with E-state index in [1.165, 1.54) is 6.33 Å². The Hall–Kier alpha value is -4.22. The Morgan fingerprint density at radius 2 is 1.59 bits per heavy atom. The highest BCUT2D eigenvalue weighted by molar-refractivity contribution is 7.89. The van der Waals surface area contributed by atoms with Gasteiger partial charge in [0, 0.05) is 50.4 Å². The van der Waals surface area contributed by atoms with Gasteiger partial charge in [-0.15, -0.1) is 0 Å². The van der Waals surface area contributed by atoms with Crippen LogP contribution >= 0.6 is 0 Å². The number of benzene rings is 1. The van der Waals surface area contributed by atoms with Gasteiger partial charge in [0.15, 0.2) is 0 Å². The fourth-order valence-corrected chi connectivity index (χ4v) is 9.27. The molecule has 1 saturated heterocycles. The van der Waals surface area contributed by atoms with Crippen molar-refractivity contribution in [3.05, 3.63) is 54.1 Å². The summed E-state index contributed by atoms with van der Waals surface area (Å²) in [4.78, 5) is 63.6. The molecule has 2 heterocycles. The van der Waals surface area contributed by atoms with Crippen LogP contribution in [0.4, 0.5) is 9.59 Å². The standard InChI is InChI=1S/C44H72N8O8S/c1-7-22-61(58,59)47-27-33(30(2)3)25-39(53)36(23-31-14-10-8-11-15-31)49-41(55)38(26-35-28-45-29-46-35)50-40(54)37(24-32-16-12-9-13-17-32)51-42(56)52-20-18-34(19-21-52)48-43(57)60-44(4,5)6/h9,12-13,16-17,28-31,33-34,36-39,47,53H,7-8,10-11,14-15,18-27H2,1-6H3,(H,45,46)(H,48,57)(H,49,55)(H,50,54)(H,51,56)/t33-,36+,37+,38+,39+/m1/s1. The molecular formula is C44H72N8O8S. The molecule has 2 aliphatic rings. The minimum atomic E-state index is -3.46. The second-order valence-corrected chi connectivity index (χ2v) is 20.2. The lowest BCUT2D eigenvalue weighted by Crippen LogP contribution is -2.59. The first kappa shape index (κ1) is 49.4. The Morgan fingerprint density at radius 3 is 2.20 bits per heavy atom. The molecule has 0 spiro atoms. The molecule has 1 aromatic heterocycles. The molecule has 0 unspecified atom stereocenters. The number of nitrogens with one attached hydrogen (secondary N) is 6. The lowest BCUT2D eigenvalue weighted by molar-refractivity contribution is -0.131. The number of rotatable bonds is 21. The number of hydrogen-bond acceptors (Lipinski definition) is 9. The molecule has 1 aliphatic heterocycles. The first-order valence-corrected chi connectivity index (χ1v) is 23.9. The fourth-order valence-electron chi connectivity index (χ4n) is 8.12. The van der Waals surface area contributed by atoms with Crippen molar-refractivity contribution in [3.8, 4) is 0 Å². The molecule has 4 rings (SSSR count). The van der Waals surface area contributed by atoms with Crippen LogP contribution in [0.3, 0.4) is 0 Å². The first-order valence-electron chi connectivity index (χ1n) is 22.2. The van der Waals surface area contributed by atoms with Gasteiger partial charge in [0.05, 0.1) is 24.2 Å². The number of sulfonamides is 1. The summed E-state index contributed by atoms with van der Waals surface area (Å²) in [5.41, 5.74) is 0.785. The van der Waals surface area contributed by atoms with Crippen LogP contribution in [0.1, 0.15) is 117 Å². The average molecular weight is 873 g/mol. The van der Waals surface area contributed by atoms with E-state index in [0.29, 0.717) is 50.4 Å². The Bertz CT molecular complexity index is 1760. The van der Waals surface area contributed by atoms with Crippen LogP contribution in [-0.2, 0) is 37.2 Å². The summed E-state index contributed by atoms with van der Waals surface area (Å²) in [7, 11) is -3.46. The number of imidazole rings is 1. The second kappa shape index (κ2) is 23.8. The average Bonchev–Trinajstić information content (AvgIpc) is 3.72. The van der Waals surface area contributed by atoms with Gasteiger partial charge in [-0.2, -0.15) is 0 Å². The molecule has 7 N–H and O–H groups in total. The van der Waals surface area contributed by atoms with Crippen molar-refractivity contribution in [1.29, 1.82) is 0 Å². The van der Waals surface area contributed by atoms with Crippen molar-refractivity contribution in [3.63, 3.8) is 0 Å². The highest BCUT2D eigenvalue weighted by atomic mass is 32.2. The van der Waals surface area contributed by atoms with Crippen molar-refractivity contribution in [2.75, 3.05) is 25.4 Å². The number of likely N-dealkylation sites (tertiary alicyclic amines) is 1. The third-order valence-corrected chi connectivity index (χ3v) is 13.2. The smallest absolute Gasteiger partial charge is 0.407 e. The second-order valence-electron chi connectivity index (χ2n) is 18.3. The molecule has 342 valence electrons. The van der Waals surface area contributed by atoms with Gasteiger partial charge in [0.25, 0.3) is 0 Å². The largest absolute Gasteiger partial charge is 0.444 e. The number of nitrogens with zero attached hydrogens (tertiary/aromatic N) is 2. The third kappa shape index (κ3) is 17.6. The van der Waals surface area contributed by atoms with E-state index in [9.17, 15) is 32.7 Å². The summed E-state index contributed by atoms with van der Waals surface area (Å²) in [6, 6.07) is 5.90. The van der Waals surface area contributed by atoms with Crippen molar-refractivity contribution >= 4 is 34.0 Å². The van der Waals surface area contributed by atoms with Crippen LogP contribution in [0.5, 0.6) is 0 Å². The lowest BCUT2D eigenvalue weighted by atomic mass is 9.81. The lowest BCUT2D eigenvalue weighted by Gasteiger charge is -2.34. The number of aliphatic hydroxyl groups excluding tert-OH is 1. The van der Waals surface area contributed by atoms with E-state index in [2.05, 4.69) is 36.0 Å². The minimum absolute atomic E-state index is 0.0217. The van der Waals surface area contributed by atoms with Gasteiger partial charge in [-0.05, 0) is 76.2 Å². The Kier molecular flexibility index (Phi) is 19.3. The number of ether oxygens (including phenoxy) is 1. The monoisotopic (exact) mass is 873 g/mol. The highest BCUT2D eigenvalue weighted by Crippen LogP contribution is 2.30. The third-order valence-electron chi connectivity index (χ3n) is 11.6. The van der Waals surface area contributed by atoms with Gasteiger partial charge >= 0.3 is 12.1 Å². The first-order chi connectivity index (χ1) is 28.9. The maximum atomic E-state index is 14.4. The number of piperidine rings is 1. The number of amides is 5. The van der Waals surface area contributed by atoms with Crippen LogP contribution in [0.25, 0.3) is 0 Å². The summed E-state index contributed by atoms with van der Waals surface area (Å²) in [6.07, 6.45) is 9.39. The van der Waals surface area contributed by atoms with E-state index >= 15 is 0 Å². The minimum Gasteiger partial charge on any atom is -0.444 e. The fraction of sp³-hybridized carbons (Fsp3) is 0.705. The normalized spacial score (nSPS) is 18.1. The number of aliphatic hydroxyl groups is 1. The van der Waals surface area contributed by atoms with E-state index < -0.39 is 63.8 Å². The molecule has 1 aromatic carbocycles. The molecule has 0 bridgehead atoms. The summed E-state index contributed by atoms with van der Waals surface area (Å²) in [6.45, 7) is 12.1. The molecular weight excluding hydrogens is 801 g/mol. The van der Waals surface area contributed by atoms with Crippen molar-refractivity contribution in [2.45, 2.75) is 154 Å². The molecule has 16 nitrogen and oxygen atoms in total. The number of aromatic amines is 1. The summed E-state index contributed by atoms with van der Waals surface area (Å²) in [5, 5.41) is 23.7. The van der Waals surface area contributed by atoms with E-state index in [-0.39, 0.29) is 49.4 Å². The summed E-state index contributed by atoms with van der Waals surface area (Å²) in [5.74, 6) is -0.873. The van der Waals surface area contributed by atoms with Crippen LogP contribution < -0.4 is 26.0 Å². The summed E-state index contributed by atoms with van der Waals surface area (Å²) >= 11 is 0. The SMILES string of the molecule is CCCS(=O)(=O)NC[C@@H](C[C@H](O)[C@H](CC1CCCCC1)NC(=O)[C@H](Cc1cnc[nH]1)NC(=O)[C@H](Cc1ccccc1)NC(=O)N1CCC(NC(=O)OC(C)(C)C)CC1)C(C)C. The van der Waals surface area contributed by atoms with Crippen LogP contribution in [0, 0.1) is 17.8 Å². The predicted octanol–water partition coefficient (Wildman–Crippen LogP) is 4.55. The van der Waals surface area contributed by atoms with E-state index in [4.69, 9.17) is 4.74 Å². The Morgan fingerprint density at radius 1 is 0.934 bits per heavy atom. The molecule has 0 radical (unpaired) electrons. The van der Waals surface area contributed by atoms with Gasteiger partial charge in [0.2, 0.25) is 21.8 Å². The topological polar surface area (TPSA) is 224 Å². The number of aromatic nitrogens is 2. The maximum absolute atomic E-state index is 14.4. The Labute approximate surface area is 363 Å². The number of hydrogen-bond donors (Lipinski definition) is 7. The highest BCUT2D eigenvalue weighted by Gasteiger charge is 2.34. The molecule has 5 amide bonds. The summed E-state index contributed by atoms with van der Waals surface area (Å²) < 4.78 is 33.2. The van der Waals surface area contributed by atoms with E-state index in [0.717, 1.165) is 37.7 Å². The van der Waals surface area contributed by atoms with Crippen LogP contribution in [0.15, 0.2) is 42.9 Å². The zero-order valence-corrected chi connectivity index (χ0v) is 37.9. The number of carbonyl (C=O) groups excluding carboxylic acids is 4. The van der Waals surface area contributed by atoms with Crippen molar-refractivity contribution < 1.29 is 37.4 Å². The van der Waals surface area contributed by atoms with Crippen LogP contribution in [0.2, 0.25) is 0 Å². The van der Waals surface area contributed by atoms with E-state index in [1.54, 1.807) is 31.9 Å². The Balaban J connectivity index is 1.51. The zero-order valence-electron chi connectivity index (χ0n) is 37.1. The maximum Gasteiger partial charge on any atom is 0.407 e. The number of alkyl carbamates (subject to hydrolysis) is 1. The van der Waals surface area contributed by atoms with Gasteiger partial charge in [-0.25, -0.2) is 27.7 Å². The molecule has 2 fully saturated rings. The molecule has 5 atom stereocenters. The zero-order chi connectivity index (χ0) is 44.6. The molecule has 1 aliphatic carbocycles. The number of carbonyl (C=O) groups is 4.